The van der Waals surface area contributed by atoms with E-state index < -0.39 is 11.9 Å². The van der Waals surface area contributed by atoms with Crippen LogP contribution >= 0.6 is 0 Å². The summed E-state index contributed by atoms with van der Waals surface area (Å²) in [5.41, 5.74) is 1.00. The fourth-order valence-electron chi connectivity index (χ4n) is 2.96. The van der Waals surface area contributed by atoms with Crippen molar-refractivity contribution in [2.75, 3.05) is 14.1 Å². The van der Waals surface area contributed by atoms with Gasteiger partial charge in [-0.1, -0.05) is 6.07 Å². The van der Waals surface area contributed by atoms with Gasteiger partial charge in [-0.3, -0.25) is 9.69 Å². The highest BCUT2D eigenvalue weighted by Crippen LogP contribution is 2.35. The molecule has 0 bridgehead atoms. The molecule has 6 heteroatoms. The minimum absolute atomic E-state index is 0.0997. The largest absolute Gasteiger partial charge is 0.457 e. The van der Waals surface area contributed by atoms with Gasteiger partial charge in [-0.15, -0.1) is 0 Å². The van der Waals surface area contributed by atoms with Gasteiger partial charge >= 0.3 is 0 Å². The summed E-state index contributed by atoms with van der Waals surface area (Å²) in [4.78, 5) is 15.7. The van der Waals surface area contributed by atoms with Crippen LogP contribution in [0.5, 0.6) is 11.5 Å². The normalized spacial score (nSPS) is 15.2. The number of amides is 1. The van der Waals surface area contributed by atoms with Crippen molar-refractivity contribution in [1.29, 1.82) is 0 Å². The molecule has 3 rings (SSSR count). The zero-order valence-electron chi connectivity index (χ0n) is 14.4. The van der Waals surface area contributed by atoms with Crippen molar-refractivity contribution in [3.05, 3.63) is 59.2 Å². The molecule has 0 aliphatic carbocycles. The summed E-state index contributed by atoms with van der Waals surface area (Å²) in [6.45, 7) is 2.24. The average Bonchev–Trinajstić information content (AvgIpc) is 2.55. The predicted octanol–water partition coefficient (Wildman–Crippen LogP) is 3.55. The zero-order valence-corrected chi connectivity index (χ0v) is 14.4. The molecule has 1 amide bonds. The lowest BCUT2D eigenvalue weighted by atomic mass is 10.1. The molecular formula is C19H20F2N2O2. The Morgan fingerprint density at radius 1 is 1.16 bits per heavy atom. The summed E-state index contributed by atoms with van der Waals surface area (Å²) >= 11 is 0. The number of carbonyl (C=O) groups is 1. The van der Waals surface area contributed by atoms with Crippen LogP contribution in [0.4, 0.5) is 8.78 Å². The van der Waals surface area contributed by atoms with Gasteiger partial charge in [0.2, 0.25) is 5.91 Å². The number of carbonyl (C=O) groups excluding carboxylic acids is 1. The van der Waals surface area contributed by atoms with Gasteiger partial charge in [0.25, 0.3) is 0 Å². The van der Waals surface area contributed by atoms with Gasteiger partial charge in [-0.25, -0.2) is 8.78 Å². The first-order valence-electron chi connectivity index (χ1n) is 8.05. The van der Waals surface area contributed by atoms with E-state index >= 15 is 0 Å². The zero-order chi connectivity index (χ0) is 18.1. The standard InChI is InChI=1S/C19H20F2N2O2/c1-12(19(24)22(2)3)23-10-13-9-14(20)7-8-17(13)25-18-6-4-5-16(21)15(18)11-23/h4-9,12H,10-11H2,1-3H3. The summed E-state index contributed by atoms with van der Waals surface area (Å²) in [5, 5.41) is 0. The highest BCUT2D eigenvalue weighted by molar-refractivity contribution is 5.81. The average molecular weight is 346 g/mol. The Bertz CT molecular complexity index is 808. The lowest BCUT2D eigenvalue weighted by Crippen LogP contribution is -2.44. The lowest BCUT2D eigenvalue weighted by molar-refractivity contribution is -0.134. The molecule has 2 aromatic rings. The third-order valence-electron chi connectivity index (χ3n) is 4.40. The second-order valence-electron chi connectivity index (χ2n) is 6.38. The van der Waals surface area contributed by atoms with Gasteiger partial charge in [0, 0.05) is 38.3 Å². The molecule has 0 radical (unpaired) electrons. The molecule has 1 aliphatic heterocycles. The molecular weight excluding hydrogens is 326 g/mol. The number of halogens is 2. The van der Waals surface area contributed by atoms with E-state index in [-0.39, 0.29) is 24.8 Å². The topological polar surface area (TPSA) is 32.8 Å². The van der Waals surface area contributed by atoms with Crippen LogP contribution in [-0.4, -0.2) is 35.8 Å². The van der Waals surface area contributed by atoms with E-state index in [0.717, 1.165) is 0 Å². The molecule has 2 aromatic carbocycles. The fraction of sp³-hybridized carbons (Fsp3) is 0.316. The van der Waals surface area contributed by atoms with Crippen LogP contribution in [0.25, 0.3) is 0 Å². The maximum absolute atomic E-state index is 14.4. The SMILES string of the molecule is CC(C(=O)N(C)C)N1Cc2cc(F)ccc2Oc2cccc(F)c2C1. The molecule has 1 aliphatic rings. The molecule has 132 valence electrons. The minimum atomic E-state index is -0.489. The summed E-state index contributed by atoms with van der Waals surface area (Å²) in [6, 6.07) is 8.34. The molecule has 0 aromatic heterocycles. The van der Waals surface area contributed by atoms with Crippen molar-refractivity contribution in [2.24, 2.45) is 0 Å². The van der Waals surface area contributed by atoms with Gasteiger partial charge in [-0.2, -0.15) is 0 Å². The molecule has 1 heterocycles. The van der Waals surface area contributed by atoms with Gasteiger partial charge in [0.1, 0.15) is 23.1 Å². The Hall–Kier alpha value is -2.47. The minimum Gasteiger partial charge on any atom is -0.457 e. The molecule has 0 saturated carbocycles. The Morgan fingerprint density at radius 2 is 1.92 bits per heavy atom. The van der Waals surface area contributed by atoms with Crippen molar-refractivity contribution in [2.45, 2.75) is 26.1 Å². The van der Waals surface area contributed by atoms with Crippen LogP contribution in [0.3, 0.4) is 0 Å². The van der Waals surface area contributed by atoms with Gasteiger partial charge in [0.15, 0.2) is 0 Å². The maximum atomic E-state index is 14.4. The Kier molecular flexibility index (Phi) is 4.72. The molecule has 0 N–H and O–H groups in total. The Morgan fingerprint density at radius 3 is 2.64 bits per heavy atom. The van der Waals surface area contributed by atoms with E-state index in [4.69, 9.17) is 4.74 Å². The van der Waals surface area contributed by atoms with Crippen molar-refractivity contribution < 1.29 is 18.3 Å². The van der Waals surface area contributed by atoms with Crippen LogP contribution in [0, 0.1) is 11.6 Å². The van der Waals surface area contributed by atoms with Crippen molar-refractivity contribution in [3.63, 3.8) is 0 Å². The van der Waals surface area contributed by atoms with E-state index in [9.17, 15) is 13.6 Å². The molecule has 0 saturated heterocycles. The van der Waals surface area contributed by atoms with Crippen molar-refractivity contribution in [1.82, 2.24) is 9.80 Å². The van der Waals surface area contributed by atoms with Crippen molar-refractivity contribution in [3.8, 4) is 11.5 Å². The van der Waals surface area contributed by atoms with Crippen LogP contribution in [0.2, 0.25) is 0 Å². The van der Waals surface area contributed by atoms with Crippen LogP contribution < -0.4 is 4.74 Å². The van der Waals surface area contributed by atoms with Gasteiger partial charge < -0.3 is 9.64 Å². The number of nitrogens with zero attached hydrogens (tertiary/aromatic N) is 2. The maximum Gasteiger partial charge on any atom is 0.239 e. The second kappa shape index (κ2) is 6.80. The first kappa shape index (κ1) is 17.4. The van der Waals surface area contributed by atoms with E-state index in [2.05, 4.69) is 0 Å². The van der Waals surface area contributed by atoms with Gasteiger partial charge in [-0.05, 0) is 37.3 Å². The smallest absolute Gasteiger partial charge is 0.239 e. The highest BCUT2D eigenvalue weighted by atomic mass is 19.1. The molecule has 25 heavy (non-hydrogen) atoms. The molecule has 0 spiro atoms. The third-order valence-corrected chi connectivity index (χ3v) is 4.40. The number of rotatable bonds is 2. The quantitative estimate of drug-likeness (QED) is 0.834. The number of benzene rings is 2. The number of likely N-dealkylation sites (N-methyl/N-ethyl adjacent to an activating group) is 1. The molecule has 1 unspecified atom stereocenters. The number of ether oxygens (including phenoxy) is 1. The summed E-state index contributed by atoms with van der Waals surface area (Å²) in [5.74, 6) is -0.0339. The molecule has 0 fully saturated rings. The Labute approximate surface area is 145 Å². The predicted molar refractivity (Wildman–Crippen MR) is 90.3 cm³/mol. The monoisotopic (exact) mass is 346 g/mol. The van der Waals surface area contributed by atoms with E-state index in [1.54, 1.807) is 33.2 Å². The van der Waals surface area contributed by atoms with Crippen LogP contribution in [0.15, 0.2) is 36.4 Å². The number of hydrogen-bond acceptors (Lipinski definition) is 3. The van der Waals surface area contributed by atoms with Gasteiger partial charge in [0.05, 0.1) is 6.04 Å². The highest BCUT2D eigenvalue weighted by Gasteiger charge is 2.28. The van der Waals surface area contributed by atoms with Crippen molar-refractivity contribution >= 4 is 5.91 Å². The fourth-order valence-corrected chi connectivity index (χ4v) is 2.96. The number of fused-ring (bicyclic) bond motifs is 2. The summed E-state index contributed by atoms with van der Waals surface area (Å²) < 4.78 is 33.9. The van der Waals surface area contributed by atoms with E-state index in [1.807, 2.05) is 4.90 Å². The summed E-state index contributed by atoms with van der Waals surface area (Å²) in [6.07, 6.45) is 0. The molecule has 1 atom stereocenters. The number of hydrogen-bond donors (Lipinski definition) is 0. The van der Waals surface area contributed by atoms with Crippen LogP contribution in [0.1, 0.15) is 18.1 Å². The molecule has 4 nitrogen and oxygen atoms in total. The second-order valence-corrected chi connectivity index (χ2v) is 6.38. The lowest BCUT2D eigenvalue weighted by Gasteiger charge is -2.32. The third kappa shape index (κ3) is 3.49. The Balaban J connectivity index is 2.08. The summed E-state index contributed by atoms with van der Waals surface area (Å²) in [7, 11) is 3.35. The van der Waals surface area contributed by atoms with E-state index in [0.29, 0.717) is 22.6 Å². The first-order chi connectivity index (χ1) is 11.9. The van der Waals surface area contributed by atoms with Crippen LogP contribution in [-0.2, 0) is 17.9 Å². The van der Waals surface area contributed by atoms with E-state index in [1.165, 1.54) is 29.2 Å². The first-order valence-corrected chi connectivity index (χ1v) is 8.05.